The third-order valence-corrected chi connectivity index (χ3v) is 1.17. The number of alkyl halides is 3. The van der Waals surface area contributed by atoms with E-state index in [1.807, 2.05) is 4.98 Å². The first-order valence-electron chi connectivity index (χ1n) is 2.90. The van der Waals surface area contributed by atoms with Crippen LogP contribution in [0.5, 0.6) is 5.88 Å². The first-order valence-corrected chi connectivity index (χ1v) is 2.90. The second kappa shape index (κ2) is 2.58. The average molecular weight is 182 g/mol. The number of imidazole rings is 1. The quantitative estimate of drug-likeness (QED) is 0.691. The SMILES string of the molecule is Cn1c(OC(F)(F)F)c[nH]c1=O. The predicted octanol–water partition coefficient (Wildman–Crippen LogP) is 0.612. The van der Waals surface area contributed by atoms with Gasteiger partial charge in [-0.2, -0.15) is 0 Å². The third-order valence-electron chi connectivity index (χ3n) is 1.17. The summed E-state index contributed by atoms with van der Waals surface area (Å²) in [5.74, 6) is -0.562. The van der Waals surface area contributed by atoms with Gasteiger partial charge in [0.25, 0.3) is 0 Å². The highest BCUT2D eigenvalue weighted by Gasteiger charge is 2.32. The zero-order valence-electron chi connectivity index (χ0n) is 5.97. The molecule has 0 bridgehead atoms. The van der Waals surface area contributed by atoms with Crippen LogP contribution in [0.15, 0.2) is 11.0 Å². The summed E-state index contributed by atoms with van der Waals surface area (Å²) in [5.41, 5.74) is -0.658. The highest BCUT2D eigenvalue weighted by molar-refractivity contribution is 5.04. The monoisotopic (exact) mass is 182 g/mol. The van der Waals surface area contributed by atoms with Gasteiger partial charge in [-0.25, -0.2) is 4.79 Å². The topological polar surface area (TPSA) is 47.0 Å². The lowest BCUT2D eigenvalue weighted by atomic mass is 10.8. The minimum Gasteiger partial charge on any atom is -0.388 e. The van der Waals surface area contributed by atoms with Crippen molar-refractivity contribution in [3.8, 4) is 5.88 Å². The van der Waals surface area contributed by atoms with Crippen molar-refractivity contribution in [3.63, 3.8) is 0 Å². The molecule has 0 aliphatic heterocycles. The van der Waals surface area contributed by atoms with E-state index in [1.54, 1.807) is 0 Å². The maximum Gasteiger partial charge on any atom is 0.574 e. The van der Waals surface area contributed by atoms with Crippen LogP contribution < -0.4 is 10.4 Å². The van der Waals surface area contributed by atoms with E-state index in [0.717, 1.165) is 6.20 Å². The maximum atomic E-state index is 11.6. The molecule has 1 aromatic heterocycles. The maximum absolute atomic E-state index is 11.6. The molecule has 0 fully saturated rings. The van der Waals surface area contributed by atoms with Gasteiger partial charge in [0, 0.05) is 7.05 Å². The third kappa shape index (κ3) is 1.80. The molecule has 0 radical (unpaired) electrons. The van der Waals surface area contributed by atoms with E-state index in [1.165, 1.54) is 7.05 Å². The zero-order chi connectivity index (χ0) is 9.35. The Morgan fingerprint density at radius 2 is 2.17 bits per heavy atom. The minimum atomic E-state index is -4.77. The van der Waals surface area contributed by atoms with Crippen molar-refractivity contribution in [2.45, 2.75) is 6.36 Å². The number of aromatic amines is 1. The highest BCUT2D eigenvalue weighted by Crippen LogP contribution is 2.19. The molecule has 68 valence electrons. The molecule has 0 spiro atoms. The summed E-state index contributed by atoms with van der Waals surface area (Å²) >= 11 is 0. The number of rotatable bonds is 1. The van der Waals surface area contributed by atoms with Gasteiger partial charge in [0.15, 0.2) is 0 Å². The van der Waals surface area contributed by atoms with Crippen LogP contribution in [0.4, 0.5) is 13.2 Å². The zero-order valence-corrected chi connectivity index (χ0v) is 5.97. The Morgan fingerprint density at radius 1 is 1.58 bits per heavy atom. The van der Waals surface area contributed by atoms with Gasteiger partial charge in [-0.1, -0.05) is 0 Å². The van der Waals surface area contributed by atoms with Gasteiger partial charge in [0.1, 0.15) is 0 Å². The number of hydrogen-bond acceptors (Lipinski definition) is 2. The second-order valence-electron chi connectivity index (χ2n) is 2.04. The van der Waals surface area contributed by atoms with Gasteiger partial charge in [-0.05, 0) is 0 Å². The van der Waals surface area contributed by atoms with E-state index >= 15 is 0 Å². The van der Waals surface area contributed by atoms with Gasteiger partial charge in [-0.3, -0.25) is 4.57 Å². The average Bonchev–Trinajstić information content (AvgIpc) is 2.16. The summed E-state index contributed by atoms with van der Waals surface area (Å²) in [6.45, 7) is 0. The summed E-state index contributed by atoms with van der Waals surface area (Å²) in [7, 11) is 1.17. The van der Waals surface area contributed by atoms with Crippen LogP contribution in [0.2, 0.25) is 0 Å². The first kappa shape index (κ1) is 8.69. The molecule has 0 atom stereocenters. The Morgan fingerprint density at radius 3 is 2.50 bits per heavy atom. The normalized spacial score (nSPS) is 11.7. The Labute approximate surface area is 64.6 Å². The molecule has 12 heavy (non-hydrogen) atoms. The van der Waals surface area contributed by atoms with Crippen LogP contribution in [0, 0.1) is 0 Å². The molecular formula is C5H5F3N2O2. The van der Waals surface area contributed by atoms with Crippen molar-refractivity contribution in [3.05, 3.63) is 16.7 Å². The molecular weight excluding hydrogens is 177 g/mol. The van der Waals surface area contributed by atoms with Gasteiger partial charge in [0.2, 0.25) is 5.88 Å². The van der Waals surface area contributed by atoms with Crippen molar-refractivity contribution in [2.75, 3.05) is 0 Å². The molecule has 7 heteroatoms. The van der Waals surface area contributed by atoms with Gasteiger partial charge < -0.3 is 9.72 Å². The van der Waals surface area contributed by atoms with Gasteiger partial charge in [-0.15, -0.1) is 13.2 Å². The Hall–Kier alpha value is -1.40. The minimum absolute atomic E-state index is 0.562. The molecule has 1 rings (SSSR count). The smallest absolute Gasteiger partial charge is 0.388 e. The largest absolute Gasteiger partial charge is 0.574 e. The number of aromatic nitrogens is 2. The van der Waals surface area contributed by atoms with Crippen LogP contribution in [0.25, 0.3) is 0 Å². The summed E-state index contributed by atoms with van der Waals surface area (Å²) in [4.78, 5) is 12.6. The summed E-state index contributed by atoms with van der Waals surface area (Å²) in [6, 6.07) is 0. The lowest BCUT2D eigenvalue weighted by molar-refractivity contribution is -0.277. The van der Waals surface area contributed by atoms with E-state index in [-0.39, 0.29) is 0 Å². The lowest BCUT2D eigenvalue weighted by Crippen LogP contribution is -2.21. The molecule has 0 unspecified atom stereocenters. The van der Waals surface area contributed by atoms with Crippen LogP contribution in [-0.4, -0.2) is 15.9 Å². The number of halogens is 3. The van der Waals surface area contributed by atoms with Crippen molar-refractivity contribution >= 4 is 0 Å². The Kier molecular flexibility index (Phi) is 1.87. The van der Waals surface area contributed by atoms with E-state index in [9.17, 15) is 18.0 Å². The predicted molar refractivity (Wildman–Crippen MR) is 32.7 cm³/mol. The molecule has 1 aromatic rings. The Balaban J connectivity index is 2.91. The summed E-state index contributed by atoms with van der Waals surface area (Å²) in [6.07, 6.45) is -3.93. The molecule has 4 nitrogen and oxygen atoms in total. The molecule has 0 aliphatic carbocycles. The molecule has 1 heterocycles. The fourth-order valence-electron chi connectivity index (χ4n) is 0.634. The van der Waals surface area contributed by atoms with Gasteiger partial charge >= 0.3 is 12.1 Å². The number of hydrogen-bond donors (Lipinski definition) is 1. The number of nitrogens with zero attached hydrogens (tertiary/aromatic N) is 1. The van der Waals surface area contributed by atoms with Crippen molar-refractivity contribution in [1.29, 1.82) is 0 Å². The fourth-order valence-corrected chi connectivity index (χ4v) is 0.634. The van der Waals surface area contributed by atoms with E-state index in [0.29, 0.717) is 4.57 Å². The van der Waals surface area contributed by atoms with E-state index < -0.39 is 17.9 Å². The lowest BCUT2D eigenvalue weighted by Gasteiger charge is -2.07. The Bertz CT molecular complexity index is 324. The van der Waals surface area contributed by atoms with Crippen molar-refractivity contribution < 1.29 is 17.9 Å². The van der Waals surface area contributed by atoms with Crippen molar-refractivity contribution in [2.24, 2.45) is 7.05 Å². The molecule has 0 amide bonds. The summed E-state index contributed by atoms with van der Waals surface area (Å²) < 4.78 is 38.9. The van der Waals surface area contributed by atoms with Crippen LogP contribution in [-0.2, 0) is 7.05 Å². The van der Waals surface area contributed by atoms with Crippen LogP contribution in [0.3, 0.4) is 0 Å². The van der Waals surface area contributed by atoms with Crippen LogP contribution in [0.1, 0.15) is 0 Å². The number of H-pyrrole nitrogens is 1. The fraction of sp³-hybridized carbons (Fsp3) is 0.400. The molecule has 0 saturated heterocycles. The van der Waals surface area contributed by atoms with Gasteiger partial charge in [0.05, 0.1) is 6.20 Å². The van der Waals surface area contributed by atoms with E-state index in [4.69, 9.17) is 0 Å². The molecule has 0 aromatic carbocycles. The molecule has 0 saturated carbocycles. The molecule has 1 N–H and O–H groups in total. The standard InChI is InChI=1S/C5H5F3N2O2/c1-10-3(2-9-4(10)11)12-5(6,7)8/h2H,1H3,(H,9,11). The highest BCUT2D eigenvalue weighted by atomic mass is 19.4. The molecule has 0 aliphatic rings. The first-order chi connectivity index (χ1) is 5.40. The van der Waals surface area contributed by atoms with Crippen LogP contribution >= 0.6 is 0 Å². The summed E-state index contributed by atoms with van der Waals surface area (Å²) in [5, 5.41) is 0. The number of ether oxygens (including phenoxy) is 1. The number of nitrogens with one attached hydrogen (secondary N) is 1. The van der Waals surface area contributed by atoms with E-state index in [2.05, 4.69) is 4.74 Å². The second-order valence-corrected chi connectivity index (χ2v) is 2.04. The van der Waals surface area contributed by atoms with Crippen molar-refractivity contribution in [1.82, 2.24) is 9.55 Å².